The molecule has 0 aliphatic heterocycles. The van der Waals surface area contributed by atoms with Crippen LogP contribution in [0.3, 0.4) is 0 Å². The largest absolute Gasteiger partial charge is 0.458 e. The van der Waals surface area contributed by atoms with Crippen molar-refractivity contribution in [3.8, 4) is 0 Å². The lowest BCUT2D eigenvalue weighted by molar-refractivity contribution is -0.0259. The molecule has 2 aromatic rings. The lowest BCUT2D eigenvalue weighted by Crippen LogP contribution is -2.48. The van der Waals surface area contributed by atoms with E-state index in [-0.39, 0.29) is 5.54 Å². The van der Waals surface area contributed by atoms with Gasteiger partial charge >= 0.3 is 0 Å². The van der Waals surface area contributed by atoms with Gasteiger partial charge in [-0.25, -0.2) is 0 Å². The first-order valence-electron chi connectivity index (χ1n) is 7.30. The molecule has 3 heteroatoms. The third-order valence-corrected chi connectivity index (χ3v) is 4.65. The molecule has 1 aromatic carbocycles. The van der Waals surface area contributed by atoms with E-state index in [0.29, 0.717) is 5.76 Å². The summed E-state index contributed by atoms with van der Waals surface area (Å²) in [5, 5.41) is 11.9. The molecule has 0 amide bonds. The van der Waals surface area contributed by atoms with E-state index >= 15 is 0 Å². The van der Waals surface area contributed by atoms with Gasteiger partial charge in [0.1, 0.15) is 17.4 Å². The highest BCUT2D eigenvalue weighted by Gasteiger charge is 2.39. The third-order valence-electron chi connectivity index (χ3n) is 4.65. The topological polar surface area (TPSA) is 36.6 Å². The van der Waals surface area contributed by atoms with Crippen LogP contribution >= 0.6 is 0 Å². The van der Waals surface area contributed by atoms with Crippen LogP contribution in [0.25, 0.3) is 11.0 Å². The quantitative estimate of drug-likeness (QED) is 0.899. The van der Waals surface area contributed by atoms with Crippen molar-refractivity contribution >= 4 is 11.0 Å². The predicted octanol–water partition coefficient (Wildman–Crippen LogP) is 3.90. The second-order valence-electron chi connectivity index (χ2n) is 5.75. The molecule has 0 bridgehead atoms. The van der Waals surface area contributed by atoms with E-state index < -0.39 is 6.10 Å². The minimum atomic E-state index is -0.626. The van der Waals surface area contributed by atoms with E-state index in [1.54, 1.807) is 0 Å². The fourth-order valence-corrected chi connectivity index (χ4v) is 3.14. The highest BCUT2D eigenvalue weighted by Crippen LogP contribution is 2.38. The fourth-order valence-electron chi connectivity index (χ4n) is 3.14. The standard InChI is InChI=1S/C17H25NO2/c1-6-17(7-2,18(4)5)16(19)14-11-13-10-8-9-12(3)15(13)20-14/h8-11,16,19H,6-7H2,1-5H3. The Morgan fingerprint density at radius 2 is 1.90 bits per heavy atom. The van der Waals surface area contributed by atoms with Gasteiger partial charge in [0.05, 0.1) is 5.54 Å². The smallest absolute Gasteiger partial charge is 0.137 e. The lowest BCUT2D eigenvalue weighted by atomic mass is 9.84. The number of furan rings is 1. The predicted molar refractivity (Wildman–Crippen MR) is 82.9 cm³/mol. The van der Waals surface area contributed by atoms with E-state index in [1.807, 2.05) is 45.3 Å². The van der Waals surface area contributed by atoms with E-state index in [1.165, 1.54) is 0 Å². The van der Waals surface area contributed by atoms with Crippen molar-refractivity contribution in [3.63, 3.8) is 0 Å². The van der Waals surface area contributed by atoms with Gasteiger partial charge in [0.2, 0.25) is 0 Å². The summed E-state index contributed by atoms with van der Waals surface area (Å²) in [6, 6.07) is 8.04. The van der Waals surface area contributed by atoms with Gasteiger partial charge < -0.3 is 14.4 Å². The van der Waals surface area contributed by atoms with Crippen molar-refractivity contribution in [1.82, 2.24) is 4.90 Å². The Morgan fingerprint density at radius 3 is 2.40 bits per heavy atom. The number of nitrogens with zero attached hydrogens (tertiary/aromatic N) is 1. The summed E-state index contributed by atoms with van der Waals surface area (Å²) in [5.41, 5.74) is 1.69. The summed E-state index contributed by atoms with van der Waals surface area (Å²) in [4.78, 5) is 2.11. The summed E-state index contributed by atoms with van der Waals surface area (Å²) in [6.07, 6.45) is 1.11. The van der Waals surface area contributed by atoms with Gasteiger partial charge in [-0.1, -0.05) is 32.0 Å². The Morgan fingerprint density at radius 1 is 1.25 bits per heavy atom. The zero-order chi connectivity index (χ0) is 14.9. The van der Waals surface area contributed by atoms with Crippen molar-refractivity contribution in [2.75, 3.05) is 14.1 Å². The molecule has 0 aliphatic rings. The van der Waals surface area contributed by atoms with Gasteiger partial charge in [-0.05, 0) is 45.5 Å². The van der Waals surface area contributed by atoms with Crippen LogP contribution in [0, 0.1) is 6.92 Å². The number of likely N-dealkylation sites (N-methyl/N-ethyl adjacent to an activating group) is 1. The maximum atomic E-state index is 10.9. The van der Waals surface area contributed by atoms with Crippen LogP contribution in [-0.4, -0.2) is 29.6 Å². The first kappa shape index (κ1) is 15.1. The van der Waals surface area contributed by atoms with Crippen molar-refractivity contribution in [3.05, 3.63) is 35.6 Å². The monoisotopic (exact) mass is 275 g/mol. The molecule has 1 aromatic heterocycles. The Kier molecular flexibility index (Phi) is 4.21. The maximum Gasteiger partial charge on any atom is 0.137 e. The second-order valence-corrected chi connectivity index (χ2v) is 5.75. The molecule has 3 nitrogen and oxygen atoms in total. The second kappa shape index (κ2) is 5.58. The molecule has 0 spiro atoms. The van der Waals surface area contributed by atoms with Gasteiger partial charge in [-0.2, -0.15) is 0 Å². The number of hydrogen-bond donors (Lipinski definition) is 1. The molecule has 1 heterocycles. The van der Waals surface area contributed by atoms with Crippen LogP contribution in [-0.2, 0) is 0 Å². The number of aliphatic hydroxyl groups is 1. The lowest BCUT2D eigenvalue weighted by Gasteiger charge is -2.41. The molecule has 110 valence electrons. The van der Waals surface area contributed by atoms with Crippen molar-refractivity contribution in [2.24, 2.45) is 0 Å². The molecule has 0 aliphatic carbocycles. The average Bonchev–Trinajstić information content (AvgIpc) is 2.85. The number of rotatable bonds is 5. The van der Waals surface area contributed by atoms with Crippen LogP contribution in [0.5, 0.6) is 0 Å². The summed E-state index contributed by atoms with van der Waals surface area (Å²) in [5.74, 6) is 0.659. The van der Waals surface area contributed by atoms with E-state index in [2.05, 4.69) is 18.7 Å². The van der Waals surface area contributed by atoms with Gasteiger partial charge in [0, 0.05) is 5.39 Å². The van der Waals surface area contributed by atoms with Crippen LogP contribution < -0.4 is 0 Å². The van der Waals surface area contributed by atoms with Crippen molar-refractivity contribution in [2.45, 2.75) is 45.3 Å². The zero-order valence-electron chi connectivity index (χ0n) is 13.1. The summed E-state index contributed by atoms with van der Waals surface area (Å²) >= 11 is 0. The van der Waals surface area contributed by atoms with Gasteiger partial charge in [-0.3, -0.25) is 0 Å². The highest BCUT2D eigenvalue weighted by molar-refractivity contribution is 5.81. The number of fused-ring (bicyclic) bond motifs is 1. The summed E-state index contributed by atoms with van der Waals surface area (Å²) in [6.45, 7) is 6.25. The van der Waals surface area contributed by atoms with Gasteiger partial charge in [0.15, 0.2) is 0 Å². The minimum absolute atomic E-state index is 0.290. The van der Waals surface area contributed by atoms with Gasteiger partial charge in [0.25, 0.3) is 0 Å². The zero-order valence-corrected chi connectivity index (χ0v) is 13.1. The first-order valence-corrected chi connectivity index (χ1v) is 7.30. The Bertz CT molecular complexity index is 582. The Balaban J connectivity index is 2.49. The Labute approximate surface area is 121 Å². The molecule has 1 atom stereocenters. The van der Waals surface area contributed by atoms with Crippen LogP contribution in [0.4, 0.5) is 0 Å². The van der Waals surface area contributed by atoms with Gasteiger partial charge in [-0.15, -0.1) is 0 Å². The third kappa shape index (κ3) is 2.25. The first-order chi connectivity index (χ1) is 9.46. The molecular formula is C17H25NO2. The normalized spacial score (nSPS) is 14.2. The molecule has 1 unspecified atom stereocenters. The van der Waals surface area contributed by atoms with Crippen LogP contribution in [0.15, 0.2) is 28.7 Å². The molecule has 0 radical (unpaired) electrons. The number of para-hydroxylation sites is 1. The summed E-state index contributed by atoms with van der Waals surface area (Å²) in [7, 11) is 4.04. The summed E-state index contributed by atoms with van der Waals surface area (Å²) < 4.78 is 5.94. The molecule has 20 heavy (non-hydrogen) atoms. The Hall–Kier alpha value is -1.32. The minimum Gasteiger partial charge on any atom is -0.458 e. The molecule has 0 saturated heterocycles. The van der Waals surface area contributed by atoms with E-state index in [0.717, 1.165) is 29.4 Å². The van der Waals surface area contributed by atoms with E-state index in [4.69, 9.17) is 4.42 Å². The number of aliphatic hydroxyl groups excluding tert-OH is 1. The van der Waals surface area contributed by atoms with Crippen molar-refractivity contribution < 1.29 is 9.52 Å². The average molecular weight is 275 g/mol. The van der Waals surface area contributed by atoms with Crippen LogP contribution in [0.1, 0.15) is 44.1 Å². The molecule has 0 fully saturated rings. The molecule has 2 rings (SSSR count). The maximum absolute atomic E-state index is 10.9. The highest BCUT2D eigenvalue weighted by atomic mass is 16.4. The van der Waals surface area contributed by atoms with E-state index in [9.17, 15) is 5.11 Å². The molecule has 0 saturated carbocycles. The fraction of sp³-hybridized carbons (Fsp3) is 0.529. The SMILES string of the molecule is CCC(CC)(C(O)c1cc2cccc(C)c2o1)N(C)C. The number of aryl methyl sites for hydroxylation is 1. The van der Waals surface area contributed by atoms with Crippen molar-refractivity contribution in [1.29, 1.82) is 0 Å². The molecular weight excluding hydrogens is 250 g/mol. The molecule has 1 N–H and O–H groups in total. The number of hydrogen-bond acceptors (Lipinski definition) is 3. The van der Waals surface area contributed by atoms with Crippen LogP contribution in [0.2, 0.25) is 0 Å². The number of benzene rings is 1.